The van der Waals surface area contributed by atoms with E-state index in [9.17, 15) is 8.60 Å². The van der Waals surface area contributed by atoms with Crippen LogP contribution < -0.4 is 4.72 Å². The van der Waals surface area contributed by atoms with Gasteiger partial charge < -0.3 is 9.47 Å². The Labute approximate surface area is 307 Å². The zero-order chi connectivity index (χ0) is 36.8. The zero-order valence-corrected chi connectivity index (χ0v) is 31.5. The fourth-order valence-corrected chi connectivity index (χ4v) is 10.9. The average molecular weight is 740 g/mol. The van der Waals surface area contributed by atoms with E-state index < -0.39 is 64.1 Å². The van der Waals surface area contributed by atoms with Crippen molar-refractivity contribution in [3.63, 3.8) is 0 Å². The lowest BCUT2D eigenvalue weighted by atomic mass is 9.72. The van der Waals surface area contributed by atoms with E-state index in [1.54, 1.807) is 0 Å². The number of hydrogen-bond acceptors (Lipinski definition) is 6. The minimum atomic E-state index is -4.71. The summed E-state index contributed by atoms with van der Waals surface area (Å²) in [7, 11) is -6.51. The third-order valence-electron chi connectivity index (χ3n) is 9.53. The van der Waals surface area contributed by atoms with Gasteiger partial charge in [0.05, 0.1) is 15.7 Å². The maximum Gasteiger partial charge on any atom is 0.355 e. The van der Waals surface area contributed by atoms with Crippen molar-refractivity contribution in [2.45, 2.75) is 74.3 Å². The van der Waals surface area contributed by atoms with Crippen LogP contribution in [0.2, 0.25) is 0 Å². The van der Waals surface area contributed by atoms with Crippen LogP contribution in [0, 0.1) is 5.82 Å². The van der Waals surface area contributed by atoms with Crippen LogP contribution in [0.5, 0.6) is 0 Å². The Hall–Kier alpha value is -3.79. The fourth-order valence-electron chi connectivity index (χ4n) is 7.17. The molecule has 270 valence electrons. The number of nitrogens with one attached hydrogen (secondary N) is 1. The molecule has 52 heavy (non-hydrogen) atoms. The summed E-state index contributed by atoms with van der Waals surface area (Å²) in [5.41, 5.74) is -0.292. The second-order valence-corrected chi connectivity index (χ2v) is 18.5. The normalized spacial score (nSPS) is 22.8. The molecule has 5 aromatic rings. The molecule has 0 radical (unpaired) electrons. The van der Waals surface area contributed by atoms with E-state index in [0.29, 0.717) is 27.8 Å². The van der Waals surface area contributed by atoms with Gasteiger partial charge in [0, 0.05) is 0 Å². The van der Waals surface area contributed by atoms with Gasteiger partial charge in [-0.1, -0.05) is 133 Å². The lowest BCUT2D eigenvalue weighted by molar-refractivity contribution is -0.176. The molecule has 7 nitrogen and oxygen atoms in total. The Morgan fingerprint density at radius 2 is 0.981 bits per heavy atom. The van der Waals surface area contributed by atoms with Gasteiger partial charge in [0.25, 0.3) is 0 Å². The van der Waals surface area contributed by atoms with E-state index in [2.05, 4.69) is 4.72 Å². The van der Waals surface area contributed by atoms with E-state index in [1.165, 1.54) is 24.3 Å². The molecule has 2 aliphatic rings. The van der Waals surface area contributed by atoms with Crippen LogP contribution in [-0.4, -0.2) is 27.0 Å². The highest BCUT2D eigenvalue weighted by molar-refractivity contribution is 7.84. The predicted octanol–water partition coefficient (Wildman–Crippen LogP) is 9.52. The highest BCUT2D eigenvalue weighted by Crippen LogP contribution is 2.73. The highest BCUT2D eigenvalue weighted by Gasteiger charge is 2.70. The molecule has 2 aliphatic heterocycles. The standard InChI is InChI=1S/C42H43FNO6PS/c1-39(2,3)52(46)44-38(30-26-28-35(43)29-27-30)51(45)49-41(31-18-10-6-11-19-31,32-20-12-7-13-21-32)36-37(48-40(4,5)47-36)42(50-51,33-22-14-8-15-23-33)34-24-16-9-17-25-34/h6-29,36-38,44H,1-5H3/t36-,37-,38-,52?/m1/s1. The molecule has 2 saturated heterocycles. The Bertz CT molecular complexity index is 1870. The van der Waals surface area contributed by atoms with Crippen molar-refractivity contribution < 1.29 is 31.7 Å². The number of fused-ring (bicyclic) bond motifs is 1. The van der Waals surface area contributed by atoms with E-state index in [0.717, 1.165) is 0 Å². The number of halogens is 1. The third-order valence-corrected chi connectivity index (χ3v) is 13.4. The van der Waals surface area contributed by atoms with Crippen LogP contribution in [0.3, 0.4) is 0 Å². The van der Waals surface area contributed by atoms with Crippen LogP contribution in [0.1, 0.15) is 68.2 Å². The first-order chi connectivity index (χ1) is 24.8. The fraction of sp³-hybridized carbons (Fsp3) is 0.286. The molecule has 0 spiro atoms. The van der Waals surface area contributed by atoms with Crippen molar-refractivity contribution in [2.75, 3.05) is 0 Å². The van der Waals surface area contributed by atoms with Gasteiger partial charge in [0.1, 0.15) is 23.8 Å². The first-order valence-electron chi connectivity index (χ1n) is 17.3. The number of hydrogen-bond donors (Lipinski definition) is 1. The molecule has 0 aromatic heterocycles. The SMILES string of the molecule is CC1(C)O[C@@H]2[C@@H](O1)C(c1ccccc1)(c1ccccc1)OP(=O)([C@@H](NS(=O)C(C)(C)C)c1ccc(F)cc1)OC2(c1ccccc1)c1ccccc1. The zero-order valence-electron chi connectivity index (χ0n) is 29.8. The van der Waals surface area contributed by atoms with E-state index >= 15 is 4.57 Å². The molecule has 0 saturated carbocycles. The minimum absolute atomic E-state index is 0.363. The Morgan fingerprint density at radius 1 is 0.635 bits per heavy atom. The quantitative estimate of drug-likeness (QED) is 0.160. The van der Waals surface area contributed by atoms with Crippen molar-refractivity contribution in [3.8, 4) is 0 Å². The van der Waals surface area contributed by atoms with Crippen LogP contribution in [0.4, 0.5) is 4.39 Å². The lowest BCUT2D eigenvalue weighted by Gasteiger charge is -2.41. The predicted molar refractivity (Wildman–Crippen MR) is 201 cm³/mol. The van der Waals surface area contributed by atoms with Crippen molar-refractivity contribution in [1.29, 1.82) is 0 Å². The van der Waals surface area contributed by atoms with Gasteiger partial charge in [-0.2, -0.15) is 0 Å². The molecule has 4 atom stereocenters. The maximum absolute atomic E-state index is 16.8. The van der Waals surface area contributed by atoms with Crippen LogP contribution in [0.15, 0.2) is 146 Å². The number of rotatable bonds is 8. The molecule has 5 aromatic carbocycles. The summed E-state index contributed by atoms with van der Waals surface area (Å²) in [6, 6.07) is 43.6. The molecule has 1 unspecified atom stereocenters. The summed E-state index contributed by atoms with van der Waals surface area (Å²) in [6.45, 7) is 9.13. The molecule has 0 amide bonds. The molecule has 2 heterocycles. The summed E-state index contributed by atoms with van der Waals surface area (Å²) in [4.78, 5) is 0. The van der Waals surface area contributed by atoms with Gasteiger partial charge in [-0.05, 0) is 74.6 Å². The average Bonchev–Trinajstić information content (AvgIpc) is 3.44. The van der Waals surface area contributed by atoms with Crippen LogP contribution in [0.25, 0.3) is 0 Å². The minimum Gasteiger partial charge on any atom is -0.341 e. The maximum atomic E-state index is 16.8. The van der Waals surface area contributed by atoms with Gasteiger partial charge >= 0.3 is 7.60 Å². The molecule has 0 bridgehead atoms. The summed E-state index contributed by atoms with van der Waals surface area (Å²) in [5.74, 6) is -2.97. The Morgan fingerprint density at radius 3 is 1.31 bits per heavy atom. The van der Waals surface area contributed by atoms with Gasteiger partial charge in [-0.15, -0.1) is 0 Å². The largest absolute Gasteiger partial charge is 0.355 e. The first-order valence-corrected chi connectivity index (χ1v) is 20.1. The molecular formula is C42H43FNO6PS. The van der Waals surface area contributed by atoms with Gasteiger partial charge in [0.2, 0.25) is 0 Å². The van der Waals surface area contributed by atoms with Crippen molar-refractivity contribution >= 4 is 18.6 Å². The van der Waals surface area contributed by atoms with Gasteiger partial charge in [0.15, 0.2) is 17.0 Å². The molecule has 10 heteroatoms. The van der Waals surface area contributed by atoms with Gasteiger partial charge in [-0.25, -0.2) is 13.3 Å². The van der Waals surface area contributed by atoms with Crippen LogP contribution in [-0.2, 0) is 45.3 Å². The van der Waals surface area contributed by atoms with Crippen molar-refractivity contribution in [3.05, 3.63) is 179 Å². The third kappa shape index (κ3) is 6.54. The van der Waals surface area contributed by atoms with E-state index in [1.807, 2.05) is 156 Å². The number of ether oxygens (including phenoxy) is 2. The second-order valence-electron chi connectivity index (χ2n) is 14.6. The van der Waals surface area contributed by atoms with Crippen LogP contribution >= 0.6 is 7.60 Å². The smallest absolute Gasteiger partial charge is 0.341 e. The molecule has 7 rings (SSSR count). The summed E-state index contributed by atoms with van der Waals surface area (Å²) >= 11 is 0. The van der Waals surface area contributed by atoms with Crippen molar-refractivity contribution in [1.82, 2.24) is 4.72 Å². The molecule has 2 fully saturated rings. The van der Waals surface area contributed by atoms with E-state index in [-0.39, 0.29) is 0 Å². The monoisotopic (exact) mass is 739 g/mol. The summed E-state index contributed by atoms with van der Waals surface area (Å²) < 4.78 is 76.5. The summed E-state index contributed by atoms with van der Waals surface area (Å²) in [6.07, 6.45) is -1.93. The Kier molecular flexibility index (Phi) is 9.76. The topological polar surface area (TPSA) is 83.1 Å². The van der Waals surface area contributed by atoms with Crippen molar-refractivity contribution in [2.24, 2.45) is 0 Å². The summed E-state index contributed by atoms with van der Waals surface area (Å²) in [5, 5.41) is 0. The molecule has 1 N–H and O–H groups in total. The lowest BCUT2D eigenvalue weighted by Crippen LogP contribution is -2.53. The second kappa shape index (κ2) is 13.9. The van der Waals surface area contributed by atoms with E-state index in [4.69, 9.17) is 18.5 Å². The number of benzene rings is 5. The Balaban J connectivity index is 1.63. The molecule has 0 aliphatic carbocycles. The van der Waals surface area contributed by atoms with Gasteiger partial charge in [-0.3, -0.25) is 13.6 Å². The first kappa shape index (κ1) is 36.6. The molecular weight excluding hydrogens is 697 g/mol. The highest BCUT2D eigenvalue weighted by atomic mass is 32.2.